The Labute approximate surface area is 94.3 Å². The minimum atomic E-state index is -4.60. The Kier molecular flexibility index (Phi) is 8.81. The van der Waals surface area contributed by atoms with E-state index < -0.39 is 17.6 Å². The highest BCUT2D eigenvalue weighted by Gasteiger charge is 2.33. The number of alkyl halides is 3. The van der Waals surface area contributed by atoms with Crippen LogP contribution in [0, 0.1) is 12.7 Å². The van der Waals surface area contributed by atoms with Crippen molar-refractivity contribution in [1.82, 2.24) is 0 Å². The van der Waals surface area contributed by atoms with Gasteiger partial charge in [-0.3, -0.25) is 0 Å². The second-order valence-electron chi connectivity index (χ2n) is 2.48. The van der Waals surface area contributed by atoms with Crippen molar-refractivity contribution in [2.24, 2.45) is 0 Å². The number of halogens is 4. The molecule has 0 saturated heterocycles. The van der Waals surface area contributed by atoms with Crippen LogP contribution in [0.2, 0.25) is 0 Å². The van der Waals surface area contributed by atoms with Crippen LogP contribution < -0.4 is 0 Å². The first kappa shape index (κ1) is 17.3. The van der Waals surface area contributed by atoms with Crippen molar-refractivity contribution in [3.63, 3.8) is 0 Å². The summed E-state index contributed by atoms with van der Waals surface area (Å²) in [5, 5.41) is 0. The molecule has 1 aromatic rings. The zero-order chi connectivity index (χ0) is 13.4. The standard InChI is InChI=1S/C8H6F4.2C2H6/c1-5-2-3-7(9)6(4-5)8(10,11)12;2*1-2/h2-4H,1H3;2*1-2H3. The first-order valence-electron chi connectivity index (χ1n) is 5.24. The van der Waals surface area contributed by atoms with Crippen molar-refractivity contribution in [3.8, 4) is 0 Å². The molecule has 0 unspecified atom stereocenters. The molecule has 0 aromatic heterocycles. The van der Waals surface area contributed by atoms with Crippen LogP contribution in [0.4, 0.5) is 17.6 Å². The Morgan fingerprint density at radius 3 is 1.69 bits per heavy atom. The smallest absolute Gasteiger partial charge is 0.206 e. The third-order valence-electron chi connectivity index (χ3n) is 1.43. The summed E-state index contributed by atoms with van der Waals surface area (Å²) in [6.07, 6.45) is -4.60. The number of benzene rings is 1. The van der Waals surface area contributed by atoms with Crippen LogP contribution in [-0.4, -0.2) is 0 Å². The van der Waals surface area contributed by atoms with Crippen LogP contribution >= 0.6 is 0 Å². The van der Waals surface area contributed by atoms with Crippen LogP contribution in [0.1, 0.15) is 38.8 Å². The molecule has 94 valence electrons. The van der Waals surface area contributed by atoms with Gasteiger partial charge in [-0.25, -0.2) is 4.39 Å². The lowest BCUT2D eigenvalue weighted by Crippen LogP contribution is -2.08. The van der Waals surface area contributed by atoms with Crippen molar-refractivity contribution >= 4 is 0 Å². The predicted molar refractivity (Wildman–Crippen MR) is 58.8 cm³/mol. The van der Waals surface area contributed by atoms with Gasteiger partial charge in [-0.05, 0) is 19.1 Å². The lowest BCUT2D eigenvalue weighted by Gasteiger charge is -2.07. The highest BCUT2D eigenvalue weighted by Crippen LogP contribution is 2.31. The number of hydrogen-bond donors (Lipinski definition) is 0. The lowest BCUT2D eigenvalue weighted by molar-refractivity contribution is -0.140. The summed E-state index contributed by atoms with van der Waals surface area (Å²) in [6.45, 7) is 9.48. The van der Waals surface area contributed by atoms with Crippen LogP contribution in [0.5, 0.6) is 0 Å². The fourth-order valence-electron chi connectivity index (χ4n) is 0.856. The summed E-state index contributed by atoms with van der Waals surface area (Å²) in [5.41, 5.74) is -0.814. The molecule has 0 heterocycles. The van der Waals surface area contributed by atoms with Crippen molar-refractivity contribution < 1.29 is 17.6 Å². The minimum Gasteiger partial charge on any atom is -0.206 e. The maximum absolute atomic E-state index is 12.5. The molecule has 0 bridgehead atoms. The summed E-state index contributed by atoms with van der Waals surface area (Å²) in [4.78, 5) is 0. The monoisotopic (exact) mass is 238 g/mol. The molecule has 1 aromatic carbocycles. The Balaban J connectivity index is 0. The highest BCUT2D eigenvalue weighted by molar-refractivity contribution is 5.26. The molecule has 0 amide bonds. The van der Waals surface area contributed by atoms with Gasteiger partial charge in [0, 0.05) is 0 Å². The van der Waals surface area contributed by atoms with Crippen LogP contribution in [0.15, 0.2) is 18.2 Å². The van der Waals surface area contributed by atoms with E-state index in [0.717, 1.165) is 12.1 Å². The Bertz CT molecular complexity index is 290. The summed E-state index contributed by atoms with van der Waals surface area (Å²) in [5.74, 6) is -1.23. The SMILES string of the molecule is CC.CC.Cc1ccc(F)c(C(F)(F)F)c1. The van der Waals surface area contributed by atoms with Gasteiger partial charge in [0.15, 0.2) is 0 Å². The molecular formula is C12H18F4. The third-order valence-corrected chi connectivity index (χ3v) is 1.43. The van der Waals surface area contributed by atoms with E-state index >= 15 is 0 Å². The average molecular weight is 238 g/mol. The number of aryl methyl sites for hydroxylation is 1. The normalized spacial score (nSPS) is 9.56. The van der Waals surface area contributed by atoms with Crippen molar-refractivity contribution in [2.75, 3.05) is 0 Å². The Morgan fingerprint density at radius 2 is 1.38 bits per heavy atom. The molecule has 16 heavy (non-hydrogen) atoms. The van der Waals surface area contributed by atoms with E-state index in [2.05, 4.69) is 0 Å². The van der Waals surface area contributed by atoms with Crippen molar-refractivity contribution in [1.29, 1.82) is 0 Å². The van der Waals surface area contributed by atoms with Gasteiger partial charge in [0.05, 0.1) is 5.56 Å². The molecule has 0 N–H and O–H groups in total. The second-order valence-corrected chi connectivity index (χ2v) is 2.48. The molecule has 1 rings (SSSR count). The molecule has 0 spiro atoms. The fraction of sp³-hybridized carbons (Fsp3) is 0.500. The summed E-state index contributed by atoms with van der Waals surface area (Å²) >= 11 is 0. The molecule has 0 aliphatic rings. The van der Waals surface area contributed by atoms with E-state index in [-0.39, 0.29) is 0 Å². The molecule has 0 fully saturated rings. The number of rotatable bonds is 0. The Morgan fingerprint density at radius 1 is 0.938 bits per heavy atom. The van der Waals surface area contributed by atoms with Gasteiger partial charge in [-0.1, -0.05) is 39.3 Å². The largest absolute Gasteiger partial charge is 0.419 e. The summed E-state index contributed by atoms with van der Waals surface area (Å²) in [6, 6.07) is 2.90. The lowest BCUT2D eigenvalue weighted by atomic mass is 10.1. The first-order chi connectivity index (χ1) is 7.41. The molecule has 0 aliphatic heterocycles. The van der Waals surface area contributed by atoms with Crippen LogP contribution in [-0.2, 0) is 6.18 Å². The molecule has 0 radical (unpaired) electrons. The van der Waals surface area contributed by atoms with E-state index in [0.29, 0.717) is 5.56 Å². The minimum absolute atomic E-state index is 0.392. The van der Waals surface area contributed by atoms with Gasteiger partial charge in [0.25, 0.3) is 0 Å². The zero-order valence-electron chi connectivity index (χ0n) is 10.2. The van der Waals surface area contributed by atoms with Gasteiger partial charge in [-0.15, -0.1) is 0 Å². The van der Waals surface area contributed by atoms with E-state index in [1.807, 2.05) is 27.7 Å². The second kappa shape index (κ2) is 8.13. The predicted octanol–water partition coefficient (Wildman–Crippen LogP) is 5.21. The molecule has 0 nitrogen and oxygen atoms in total. The maximum Gasteiger partial charge on any atom is 0.419 e. The van der Waals surface area contributed by atoms with Crippen LogP contribution in [0.3, 0.4) is 0 Å². The maximum atomic E-state index is 12.5. The summed E-state index contributed by atoms with van der Waals surface area (Å²) < 4.78 is 48.5. The van der Waals surface area contributed by atoms with E-state index in [4.69, 9.17) is 0 Å². The molecule has 4 heteroatoms. The van der Waals surface area contributed by atoms with E-state index in [1.165, 1.54) is 13.0 Å². The quantitative estimate of drug-likeness (QED) is 0.544. The zero-order valence-corrected chi connectivity index (χ0v) is 10.2. The van der Waals surface area contributed by atoms with E-state index in [1.54, 1.807) is 0 Å². The third kappa shape index (κ3) is 5.73. The van der Waals surface area contributed by atoms with E-state index in [9.17, 15) is 17.6 Å². The highest BCUT2D eigenvalue weighted by atomic mass is 19.4. The number of hydrogen-bond acceptors (Lipinski definition) is 0. The average Bonchev–Trinajstić information content (AvgIpc) is 2.26. The molecule has 0 saturated carbocycles. The molecule has 0 atom stereocenters. The van der Waals surface area contributed by atoms with Gasteiger partial charge < -0.3 is 0 Å². The Hall–Kier alpha value is -1.06. The van der Waals surface area contributed by atoms with Gasteiger partial charge >= 0.3 is 6.18 Å². The topological polar surface area (TPSA) is 0 Å². The van der Waals surface area contributed by atoms with Crippen molar-refractivity contribution in [2.45, 2.75) is 40.8 Å². The molecular weight excluding hydrogens is 220 g/mol. The van der Waals surface area contributed by atoms with Gasteiger partial charge in [0.2, 0.25) is 0 Å². The fourth-order valence-corrected chi connectivity index (χ4v) is 0.856. The molecule has 0 aliphatic carbocycles. The summed E-state index contributed by atoms with van der Waals surface area (Å²) in [7, 11) is 0. The van der Waals surface area contributed by atoms with Crippen molar-refractivity contribution in [3.05, 3.63) is 35.1 Å². The van der Waals surface area contributed by atoms with Gasteiger partial charge in [-0.2, -0.15) is 13.2 Å². The first-order valence-corrected chi connectivity index (χ1v) is 5.24. The van der Waals surface area contributed by atoms with Gasteiger partial charge in [0.1, 0.15) is 5.82 Å². The van der Waals surface area contributed by atoms with Crippen LogP contribution in [0.25, 0.3) is 0 Å².